The third-order valence-electron chi connectivity index (χ3n) is 4.43. The van der Waals surface area contributed by atoms with Gasteiger partial charge in [-0.05, 0) is 35.9 Å². The third kappa shape index (κ3) is 5.41. The largest absolute Gasteiger partial charge is 0.493 e. The predicted molar refractivity (Wildman–Crippen MR) is 109 cm³/mol. The van der Waals surface area contributed by atoms with E-state index < -0.39 is 5.97 Å². The molecule has 0 saturated heterocycles. The number of carbonyl (C=O) groups is 2. The first-order chi connectivity index (χ1) is 14.6. The Morgan fingerprint density at radius 1 is 0.933 bits per heavy atom. The smallest absolute Gasteiger partial charge is 0.337 e. The van der Waals surface area contributed by atoms with Crippen LogP contribution in [0, 0.1) is 0 Å². The van der Waals surface area contributed by atoms with Crippen LogP contribution in [0.25, 0.3) is 0 Å². The Kier molecular flexibility index (Phi) is 7.10. The van der Waals surface area contributed by atoms with Gasteiger partial charge >= 0.3 is 5.97 Å². The molecule has 7 nitrogen and oxygen atoms in total. The van der Waals surface area contributed by atoms with Crippen molar-refractivity contribution in [3.05, 3.63) is 83.8 Å². The first kappa shape index (κ1) is 21.0. The highest BCUT2D eigenvalue weighted by atomic mass is 16.5. The van der Waals surface area contributed by atoms with Crippen LogP contribution in [-0.4, -0.2) is 37.6 Å². The molecule has 3 rings (SSSR count). The number of furan rings is 1. The topological polar surface area (TPSA) is 78.2 Å². The average Bonchev–Trinajstić information content (AvgIpc) is 3.30. The Labute approximate surface area is 174 Å². The van der Waals surface area contributed by atoms with Gasteiger partial charge in [-0.25, -0.2) is 4.79 Å². The van der Waals surface area contributed by atoms with E-state index in [0.717, 1.165) is 5.56 Å². The normalized spacial score (nSPS) is 10.3. The SMILES string of the molecule is COC(=O)c1ccc(OCC(=O)N(Cc2ccccc2)Cc2ccco2)c(OC)c1. The second-order valence-electron chi connectivity index (χ2n) is 6.46. The highest BCUT2D eigenvalue weighted by Gasteiger charge is 2.18. The van der Waals surface area contributed by atoms with Crippen molar-refractivity contribution in [2.24, 2.45) is 0 Å². The Morgan fingerprint density at radius 2 is 1.73 bits per heavy atom. The summed E-state index contributed by atoms with van der Waals surface area (Å²) in [5, 5.41) is 0. The minimum atomic E-state index is -0.483. The minimum absolute atomic E-state index is 0.193. The monoisotopic (exact) mass is 409 g/mol. The second kappa shape index (κ2) is 10.2. The molecular weight excluding hydrogens is 386 g/mol. The fraction of sp³-hybridized carbons (Fsp3) is 0.217. The van der Waals surface area contributed by atoms with Crippen molar-refractivity contribution in [3.63, 3.8) is 0 Å². The van der Waals surface area contributed by atoms with Gasteiger partial charge in [0.05, 0.1) is 32.6 Å². The Bertz CT molecular complexity index is 969. The van der Waals surface area contributed by atoms with Crippen molar-refractivity contribution in [2.45, 2.75) is 13.1 Å². The Morgan fingerprint density at radius 3 is 2.40 bits per heavy atom. The third-order valence-corrected chi connectivity index (χ3v) is 4.43. The molecule has 0 saturated carbocycles. The second-order valence-corrected chi connectivity index (χ2v) is 6.46. The van der Waals surface area contributed by atoms with Crippen LogP contribution < -0.4 is 9.47 Å². The van der Waals surface area contributed by atoms with Gasteiger partial charge in [0.15, 0.2) is 18.1 Å². The van der Waals surface area contributed by atoms with Crippen LogP contribution in [0.4, 0.5) is 0 Å². The highest BCUT2D eigenvalue weighted by Crippen LogP contribution is 2.28. The molecule has 156 valence electrons. The highest BCUT2D eigenvalue weighted by molar-refractivity contribution is 5.90. The van der Waals surface area contributed by atoms with E-state index in [9.17, 15) is 9.59 Å². The molecule has 0 fully saturated rings. The number of ether oxygens (including phenoxy) is 3. The maximum absolute atomic E-state index is 12.9. The minimum Gasteiger partial charge on any atom is -0.493 e. The molecule has 3 aromatic rings. The molecule has 1 heterocycles. The maximum Gasteiger partial charge on any atom is 0.337 e. The summed E-state index contributed by atoms with van der Waals surface area (Å²) in [6.45, 7) is 0.548. The van der Waals surface area contributed by atoms with Crippen molar-refractivity contribution in [1.82, 2.24) is 4.90 Å². The van der Waals surface area contributed by atoms with Crippen LogP contribution in [-0.2, 0) is 22.6 Å². The summed E-state index contributed by atoms with van der Waals surface area (Å²) >= 11 is 0. The van der Waals surface area contributed by atoms with Gasteiger partial charge in [-0.15, -0.1) is 0 Å². The summed E-state index contributed by atoms with van der Waals surface area (Å²) in [5.41, 5.74) is 1.33. The number of hydrogen-bond acceptors (Lipinski definition) is 6. The zero-order chi connectivity index (χ0) is 21.3. The fourth-order valence-corrected chi connectivity index (χ4v) is 2.89. The van der Waals surface area contributed by atoms with Crippen LogP contribution >= 0.6 is 0 Å². The van der Waals surface area contributed by atoms with Gasteiger partial charge in [0, 0.05) is 6.54 Å². The predicted octanol–water partition coefficient (Wildman–Crippen LogP) is 3.68. The van der Waals surface area contributed by atoms with Gasteiger partial charge in [0.25, 0.3) is 5.91 Å². The van der Waals surface area contributed by atoms with Gasteiger partial charge in [0.1, 0.15) is 5.76 Å². The maximum atomic E-state index is 12.9. The molecule has 1 aromatic heterocycles. The summed E-state index contributed by atoms with van der Waals surface area (Å²) in [4.78, 5) is 26.3. The van der Waals surface area contributed by atoms with E-state index in [-0.39, 0.29) is 12.5 Å². The van der Waals surface area contributed by atoms with Crippen molar-refractivity contribution in [3.8, 4) is 11.5 Å². The van der Waals surface area contributed by atoms with Gasteiger partial charge in [-0.2, -0.15) is 0 Å². The quantitative estimate of drug-likeness (QED) is 0.502. The fourth-order valence-electron chi connectivity index (χ4n) is 2.89. The molecule has 0 aliphatic heterocycles. The lowest BCUT2D eigenvalue weighted by Gasteiger charge is -2.22. The van der Waals surface area contributed by atoms with Crippen LogP contribution in [0.15, 0.2) is 71.3 Å². The lowest BCUT2D eigenvalue weighted by molar-refractivity contribution is -0.134. The number of hydrogen-bond donors (Lipinski definition) is 0. The van der Waals surface area contributed by atoms with Crippen LogP contribution in [0.5, 0.6) is 11.5 Å². The number of carbonyl (C=O) groups excluding carboxylic acids is 2. The molecule has 0 radical (unpaired) electrons. The molecule has 0 unspecified atom stereocenters. The van der Waals surface area contributed by atoms with Crippen molar-refractivity contribution < 1.29 is 28.2 Å². The van der Waals surface area contributed by atoms with Gasteiger partial charge in [0.2, 0.25) is 0 Å². The lowest BCUT2D eigenvalue weighted by Crippen LogP contribution is -2.34. The van der Waals surface area contributed by atoms with Crippen molar-refractivity contribution >= 4 is 11.9 Å². The lowest BCUT2D eigenvalue weighted by atomic mass is 10.2. The first-order valence-corrected chi connectivity index (χ1v) is 9.34. The van der Waals surface area contributed by atoms with Crippen molar-refractivity contribution in [1.29, 1.82) is 0 Å². The van der Waals surface area contributed by atoms with Crippen molar-refractivity contribution in [2.75, 3.05) is 20.8 Å². The number of nitrogens with zero attached hydrogens (tertiary/aromatic N) is 1. The van der Waals surface area contributed by atoms with Gasteiger partial charge < -0.3 is 23.5 Å². The molecular formula is C23H23NO6. The van der Waals surface area contributed by atoms with E-state index in [2.05, 4.69) is 0 Å². The van der Waals surface area contributed by atoms with Gasteiger partial charge in [-0.3, -0.25) is 4.79 Å². The number of methoxy groups -OCH3 is 2. The van der Waals surface area contributed by atoms with E-state index in [1.165, 1.54) is 20.3 Å². The van der Waals surface area contributed by atoms with E-state index in [1.54, 1.807) is 29.4 Å². The summed E-state index contributed by atoms with van der Waals surface area (Å²) in [6, 6.07) is 17.9. The van der Waals surface area contributed by atoms with Crippen LogP contribution in [0.3, 0.4) is 0 Å². The average molecular weight is 409 g/mol. The standard InChI is InChI=1S/C23H23NO6/c1-27-21-13-18(23(26)28-2)10-11-20(21)30-16-22(25)24(15-19-9-6-12-29-19)14-17-7-4-3-5-8-17/h3-13H,14-16H2,1-2H3. The number of benzene rings is 2. The summed E-state index contributed by atoms with van der Waals surface area (Å²) in [6.07, 6.45) is 1.57. The first-order valence-electron chi connectivity index (χ1n) is 9.34. The summed E-state index contributed by atoms with van der Waals surface area (Å²) in [5.74, 6) is 0.680. The Hall–Kier alpha value is -3.74. The van der Waals surface area contributed by atoms with E-state index in [0.29, 0.717) is 35.9 Å². The Balaban J connectivity index is 1.71. The molecule has 0 N–H and O–H groups in total. The molecule has 7 heteroatoms. The zero-order valence-corrected chi connectivity index (χ0v) is 16.9. The number of esters is 1. The summed E-state index contributed by atoms with van der Waals surface area (Å²) < 4.78 is 21.1. The van der Waals surface area contributed by atoms with Crippen LogP contribution in [0.2, 0.25) is 0 Å². The van der Waals surface area contributed by atoms with E-state index in [4.69, 9.17) is 18.6 Å². The molecule has 0 aliphatic rings. The molecule has 0 atom stereocenters. The molecule has 1 amide bonds. The molecule has 0 spiro atoms. The molecule has 2 aromatic carbocycles. The van der Waals surface area contributed by atoms with Gasteiger partial charge in [-0.1, -0.05) is 30.3 Å². The zero-order valence-electron chi connectivity index (χ0n) is 16.9. The molecule has 0 bridgehead atoms. The molecule has 30 heavy (non-hydrogen) atoms. The number of rotatable bonds is 9. The summed E-state index contributed by atoms with van der Waals surface area (Å²) in [7, 11) is 2.77. The van der Waals surface area contributed by atoms with Crippen LogP contribution in [0.1, 0.15) is 21.7 Å². The van der Waals surface area contributed by atoms with E-state index >= 15 is 0 Å². The number of amides is 1. The van der Waals surface area contributed by atoms with E-state index in [1.807, 2.05) is 36.4 Å². The molecule has 0 aliphatic carbocycles.